The highest BCUT2D eigenvalue weighted by atomic mass is 35.5. The van der Waals surface area contributed by atoms with Gasteiger partial charge in [-0.3, -0.25) is 0 Å². The maximum Gasteiger partial charge on any atom is 0.0666 e. The van der Waals surface area contributed by atoms with E-state index in [9.17, 15) is 0 Å². The van der Waals surface area contributed by atoms with Crippen LogP contribution in [-0.4, -0.2) is 18.5 Å². The Labute approximate surface area is 105 Å². The van der Waals surface area contributed by atoms with Crippen molar-refractivity contribution in [3.8, 4) is 0 Å². The number of hydrogen-bond donors (Lipinski definition) is 1. The lowest BCUT2D eigenvalue weighted by molar-refractivity contribution is 0.129. The van der Waals surface area contributed by atoms with Crippen molar-refractivity contribution in [3.05, 3.63) is 28.8 Å². The fourth-order valence-corrected chi connectivity index (χ4v) is 3.08. The van der Waals surface area contributed by atoms with E-state index in [-0.39, 0.29) is 0 Å². The Morgan fingerprint density at radius 3 is 3.06 bits per heavy atom. The Hall–Kier alpha value is -0.380. The minimum absolute atomic E-state index is 0.443. The number of nitrogens with two attached hydrogens (primary N) is 1. The van der Waals surface area contributed by atoms with E-state index >= 15 is 0 Å². The molecule has 2 nitrogen and oxygen atoms in total. The van der Waals surface area contributed by atoms with Crippen LogP contribution >= 0.6 is 23.4 Å². The molecular weight excluding hydrogens is 242 g/mol. The highest BCUT2D eigenvalue weighted by molar-refractivity contribution is 7.98. The Bertz CT molecular complexity index is 353. The van der Waals surface area contributed by atoms with E-state index in [0.29, 0.717) is 11.1 Å². The van der Waals surface area contributed by atoms with Gasteiger partial charge in [0, 0.05) is 28.8 Å². The standard InChI is InChI=1S/C12H16ClNOS/c13-10-4-3-9(12(14)6-10)7-16-8-11-2-1-5-15-11/h3-4,6,11H,1-2,5,7-8,14H2. The molecule has 1 fully saturated rings. The summed E-state index contributed by atoms with van der Waals surface area (Å²) in [5.41, 5.74) is 7.83. The highest BCUT2D eigenvalue weighted by Crippen LogP contribution is 2.24. The van der Waals surface area contributed by atoms with Crippen LogP contribution in [-0.2, 0) is 10.5 Å². The Balaban J connectivity index is 1.80. The third-order valence-corrected chi connectivity index (χ3v) is 4.05. The largest absolute Gasteiger partial charge is 0.398 e. The minimum Gasteiger partial charge on any atom is -0.398 e. The van der Waals surface area contributed by atoms with Gasteiger partial charge in [0.05, 0.1) is 6.10 Å². The molecule has 1 aromatic rings. The highest BCUT2D eigenvalue weighted by Gasteiger charge is 2.15. The Morgan fingerprint density at radius 2 is 2.38 bits per heavy atom. The number of anilines is 1. The van der Waals surface area contributed by atoms with Crippen LogP contribution < -0.4 is 5.73 Å². The topological polar surface area (TPSA) is 35.2 Å². The summed E-state index contributed by atoms with van der Waals surface area (Å²) >= 11 is 7.72. The molecule has 1 atom stereocenters. The molecule has 1 saturated heterocycles. The number of hydrogen-bond acceptors (Lipinski definition) is 3. The lowest BCUT2D eigenvalue weighted by atomic mass is 10.2. The minimum atomic E-state index is 0.443. The number of rotatable bonds is 4. The molecule has 1 aromatic carbocycles. The molecule has 0 saturated carbocycles. The molecule has 4 heteroatoms. The van der Waals surface area contributed by atoms with Gasteiger partial charge in [-0.2, -0.15) is 11.8 Å². The molecule has 1 unspecified atom stereocenters. The molecule has 2 N–H and O–H groups in total. The van der Waals surface area contributed by atoms with Crippen LogP contribution in [0, 0.1) is 0 Å². The summed E-state index contributed by atoms with van der Waals surface area (Å²) in [6, 6.07) is 5.70. The fourth-order valence-electron chi connectivity index (χ4n) is 1.77. The molecule has 16 heavy (non-hydrogen) atoms. The van der Waals surface area contributed by atoms with Gasteiger partial charge in [0.2, 0.25) is 0 Å². The zero-order valence-electron chi connectivity index (χ0n) is 9.12. The monoisotopic (exact) mass is 257 g/mol. The van der Waals surface area contributed by atoms with Crippen molar-refractivity contribution >= 4 is 29.1 Å². The first kappa shape index (κ1) is 12.1. The maximum atomic E-state index is 5.89. The molecule has 0 aromatic heterocycles. The van der Waals surface area contributed by atoms with Gasteiger partial charge in [-0.15, -0.1) is 0 Å². The molecule has 0 aliphatic carbocycles. The third kappa shape index (κ3) is 3.30. The summed E-state index contributed by atoms with van der Waals surface area (Å²) in [4.78, 5) is 0. The smallest absolute Gasteiger partial charge is 0.0666 e. The van der Waals surface area contributed by atoms with Crippen molar-refractivity contribution in [3.63, 3.8) is 0 Å². The summed E-state index contributed by atoms with van der Waals surface area (Å²) in [6.07, 6.45) is 2.84. The van der Waals surface area contributed by atoms with Crippen molar-refractivity contribution < 1.29 is 4.74 Å². The van der Waals surface area contributed by atoms with Gasteiger partial charge >= 0.3 is 0 Å². The SMILES string of the molecule is Nc1cc(Cl)ccc1CSCC1CCCO1. The molecule has 0 radical (unpaired) electrons. The predicted molar refractivity (Wildman–Crippen MR) is 71.0 cm³/mol. The van der Waals surface area contributed by atoms with Gasteiger partial charge in [0.15, 0.2) is 0 Å². The summed E-state index contributed by atoms with van der Waals surface area (Å²) in [6.45, 7) is 0.925. The summed E-state index contributed by atoms with van der Waals surface area (Å²) in [5, 5.41) is 0.699. The van der Waals surface area contributed by atoms with Gasteiger partial charge in [-0.05, 0) is 30.5 Å². The second kappa shape index (κ2) is 5.80. The van der Waals surface area contributed by atoms with Crippen molar-refractivity contribution in [2.24, 2.45) is 0 Å². The van der Waals surface area contributed by atoms with Crippen molar-refractivity contribution in [2.75, 3.05) is 18.1 Å². The van der Waals surface area contributed by atoms with Crippen molar-refractivity contribution in [2.45, 2.75) is 24.7 Å². The van der Waals surface area contributed by atoms with E-state index in [1.165, 1.54) is 12.8 Å². The van der Waals surface area contributed by atoms with Gasteiger partial charge in [0.25, 0.3) is 0 Å². The first-order valence-electron chi connectivity index (χ1n) is 5.49. The zero-order chi connectivity index (χ0) is 11.4. The van der Waals surface area contributed by atoms with Crippen molar-refractivity contribution in [1.82, 2.24) is 0 Å². The van der Waals surface area contributed by atoms with E-state index in [0.717, 1.165) is 29.4 Å². The lowest BCUT2D eigenvalue weighted by Gasteiger charge is -2.10. The molecular formula is C12H16ClNOS. The normalized spacial score (nSPS) is 20.2. The molecule has 0 bridgehead atoms. The van der Waals surface area contributed by atoms with Gasteiger partial charge in [-0.1, -0.05) is 17.7 Å². The first-order valence-corrected chi connectivity index (χ1v) is 7.02. The van der Waals surface area contributed by atoms with E-state index < -0.39 is 0 Å². The van der Waals surface area contributed by atoms with Gasteiger partial charge in [0.1, 0.15) is 0 Å². The van der Waals surface area contributed by atoms with E-state index in [1.54, 1.807) is 0 Å². The van der Waals surface area contributed by atoms with Crippen LogP contribution in [0.1, 0.15) is 18.4 Å². The van der Waals surface area contributed by atoms with Crippen LogP contribution in [0.5, 0.6) is 0 Å². The van der Waals surface area contributed by atoms with Crippen LogP contribution in [0.15, 0.2) is 18.2 Å². The summed E-state index contributed by atoms with van der Waals surface area (Å²) in [5.74, 6) is 1.99. The number of thioether (sulfide) groups is 1. The van der Waals surface area contributed by atoms with Gasteiger partial charge in [-0.25, -0.2) is 0 Å². The van der Waals surface area contributed by atoms with E-state index in [1.807, 2.05) is 30.0 Å². The summed E-state index contributed by atoms with van der Waals surface area (Å²) < 4.78 is 5.57. The predicted octanol–water partition coefficient (Wildman–Crippen LogP) is 3.33. The van der Waals surface area contributed by atoms with E-state index in [4.69, 9.17) is 22.1 Å². The first-order chi connectivity index (χ1) is 7.75. The van der Waals surface area contributed by atoms with Crippen molar-refractivity contribution in [1.29, 1.82) is 0 Å². The molecule has 1 aliphatic heterocycles. The second-order valence-electron chi connectivity index (χ2n) is 3.99. The molecule has 88 valence electrons. The van der Waals surface area contributed by atoms with E-state index in [2.05, 4.69) is 0 Å². The fraction of sp³-hybridized carbons (Fsp3) is 0.500. The summed E-state index contributed by atoms with van der Waals surface area (Å²) in [7, 11) is 0. The second-order valence-corrected chi connectivity index (χ2v) is 5.46. The molecule has 1 aliphatic rings. The lowest BCUT2D eigenvalue weighted by Crippen LogP contribution is -2.08. The quantitative estimate of drug-likeness (QED) is 0.841. The third-order valence-electron chi connectivity index (χ3n) is 2.69. The maximum absolute atomic E-state index is 5.89. The molecule has 0 spiro atoms. The number of benzene rings is 1. The van der Waals surface area contributed by atoms with Crippen LogP contribution in [0.2, 0.25) is 5.02 Å². The average Bonchev–Trinajstić information content (AvgIpc) is 2.74. The molecule has 2 rings (SSSR count). The van der Waals surface area contributed by atoms with Crippen LogP contribution in [0.4, 0.5) is 5.69 Å². The number of halogens is 1. The Morgan fingerprint density at radius 1 is 1.50 bits per heavy atom. The van der Waals surface area contributed by atoms with Crippen LogP contribution in [0.25, 0.3) is 0 Å². The average molecular weight is 258 g/mol. The zero-order valence-corrected chi connectivity index (χ0v) is 10.7. The number of nitrogen functional groups attached to an aromatic ring is 1. The Kier molecular flexibility index (Phi) is 4.38. The van der Waals surface area contributed by atoms with Crippen LogP contribution in [0.3, 0.4) is 0 Å². The van der Waals surface area contributed by atoms with Gasteiger partial charge < -0.3 is 10.5 Å². The molecule has 1 heterocycles. The molecule has 0 amide bonds. The number of ether oxygens (including phenoxy) is 1.